The van der Waals surface area contributed by atoms with E-state index in [0.29, 0.717) is 29.2 Å². The first-order valence-corrected chi connectivity index (χ1v) is 14.2. The molecule has 1 aromatic carbocycles. The quantitative estimate of drug-likeness (QED) is 0.258. The molecule has 3 atom stereocenters. The first-order valence-electron chi connectivity index (χ1n) is 12.1. The number of amides is 2. The van der Waals surface area contributed by atoms with Crippen molar-refractivity contribution in [1.82, 2.24) is 30.3 Å². The molecular formula is C26H28N6O5S2. The molecule has 39 heavy (non-hydrogen) atoms. The summed E-state index contributed by atoms with van der Waals surface area (Å²) in [6.45, 7) is 0. The SMILES string of the molecule is COC(=O)N[C@@H](Cc1ccccc1)C(=O)N[C@@H](CC1=CCC(N[SH](=O)=O)C=C1)c1csc(-c2cnccn2)n1. The molecule has 0 radical (unpaired) electrons. The minimum absolute atomic E-state index is 0.264. The van der Waals surface area contributed by atoms with Gasteiger partial charge in [-0.15, -0.1) is 11.3 Å². The van der Waals surface area contributed by atoms with Crippen LogP contribution in [-0.4, -0.2) is 54.6 Å². The molecule has 0 bridgehead atoms. The average molecular weight is 569 g/mol. The Balaban J connectivity index is 1.57. The van der Waals surface area contributed by atoms with E-state index in [1.165, 1.54) is 18.4 Å². The molecule has 0 aliphatic heterocycles. The summed E-state index contributed by atoms with van der Waals surface area (Å²) in [6.07, 6.45) is 10.8. The predicted octanol–water partition coefficient (Wildman–Crippen LogP) is 2.49. The number of hydrogen-bond acceptors (Lipinski definition) is 9. The van der Waals surface area contributed by atoms with Gasteiger partial charge in [-0.1, -0.05) is 48.6 Å². The number of ether oxygens (including phenoxy) is 1. The summed E-state index contributed by atoms with van der Waals surface area (Å²) in [7, 11) is -1.47. The van der Waals surface area contributed by atoms with Gasteiger partial charge in [0.1, 0.15) is 16.7 Å². The summed E-state index contributed by atoms with van der Waals surface area (Å²) in [4.78, 5) is 38.7. The van der Waals surface area contributed by atoms with Crippen LogP contribution in [0.1, 0.15) is 30.1 Å². The largest absolute Gasteiger partial charge is 0.453 e. The highest BCUT2D eigenvalue weighted by Gasteiger charge is 2.27. The van der Waals surface area contributed by atoms with Crippen molar-refractivity contribution in [2.45, 2.75) is 37.4 Å². The van der Waals surface area contributed by atoms with E-state index in [2.05, 4.69) is 25.3 Å². The second kappa shape index (κ2) is 13.7. The molecule has 4 rings (SSSR count). The van der Waals surface area contributed by atoms with Crippen molar-refractivity contribution >= 4 is 34.2 Å². The van der Waals surface area contributed by atoms with Gasteiger partial charge in [0.2, 0.25) is 16.8 Å². The molecule has 1 aliphatic carbocycles. The fraction of sp³-hybridized carbons (Fsp3) is 0.269. The van der Waals surface area contributed by atoms with Crippen molar-refractivity contribution in [3.63, 3.8) is 0 Å². The van der Waals surface area contributed by atoms with Gasteiger partial charge in [0.25, 0.3) is 0 Å². The minimum Gasteiger partial charge on any atom is -0.453 e. The zero-order valence-corrected chi connectivity index (χ0v) is 22.7. The van der Waals surface area contributed by atoms with Gasteiger partial charge in [-0.3, -0.25) is 14.8 Å². The fourth-order valence-electron chi connectivity index (χ4n) is 4.02. The molecule has 2 heterocycles. The molecule has 3 N–H and O–H groups in total. The third-order valence-corrected chi connectivity index (χ3v) is 7.37. The number of nitrogens with one attached hydrogen (secondary N) is 3. The molecule has 11 nitrogen and oxygen atoms in total. The normalized spacial score (nSPS) is 16.3. The van der Waals surface area contributed by atoms with Gasteiger partial charge < -0.3 is 15.4 Å². The van der Waals surface area contributed by atoms with Crippen molar-refractivity contribution in [3.8, 4) is 10.7 Å². The lowest BCUT2D eigenvalue weighted by Gasteiger charge is -2.24. The van der Waals surface area contributed by atoms with E-state index in [0.717, 1.165) is 11.1 Å². The van der Waals surface area contributed by atoms with Gasteiger partial charge in [0.15, 0.2) is 0 Å². The van der Waals surface area contributed by atoms with Gasteiger partial charge in [-0.2, -0.15) is 0 Å². The third-order valence-electron chi connectivity index (χ3n) is 5.94. The van der Waals surface area contributed by atoms with E-state index >= 15 is 0 Å². The van der Waals surface area contributed by atoms with Crippen LogP contribution in [0.5, 0.6) is 0 Å². The van der Waals surface area contributed by atoms with Crippen LogP contribution in [0, 0.1) is 0 Å². The monoisotopic (exact) mass is 568 g/mol. The lowest BCUT2D eigenvalue weighted by atomic mass is 9.96. The number of carbonyl (C=O) groups excluding carboxylic acids is 2. The fourth-order valence-corrected chi connectivity index (χ4v) is 5.31. The number of aromatic nitrogens is 3. The number of thiol groups is 1. The molecule has 0 saturated heterocycles. The maximum absolute atomic E-state index is 13.5. The minimum atomic E-state index is -2.71. The number of methoxy groups -OCH3 is 1. The maximum Gasteiger partial charge on any atom is 0.407 e. The highest BCUT2D eigenvalue weighted by atomic mass is 32.2. The van der Waals surface area contributed by atoms with Crippen LogP contribution in [0.3, 0.4) is 0 Å². The number of thiazole rings is 1. The van der Waals surface area contributed by atoms with Crippen LogP contribution in [0.4, 0.5) is 4.79 Å². The summed E-state index contributed by atoms with van der Waals surface area (Å²) in [5, 5.41) is 8.19. The average Bonchev–Trinajstić information content (AvgIpc) is 3.44. The van der Waals surface area contributed by atoms with Gasteiger partial charge in [-0.05, 0) is 24.0 Å². The number of benzene rings is 1. The van der Waals surface area contributed by atoms with E-state index in [9.17, 15) is 18.0 Å². The Kier molecular flexibility index (Phi) is 9.89. The van der Waals surface area contributed by atoms with Crippen LogP contribution >= 0.6 is 11.3 Å². The molecule has 2 amide bonds. The number of carbonyl (C=O) groups is 2. The van der Waals surface area contributed by atoms with Crippen molar-refractivity contribution in [3.05, 3.63) is 89.4 Å². The summed E-state index contributed by atoms with van der Waals surface area (Å²) in [5.41, 5.74) is 3.03. The second-order valence-corrected chi connectivity index (χ2v) is 10.3. The van der Waals surface area contributed by atoms with E-state index in [4.69, 9.17) is 9.72 Å². The topological polar surface area (TPSA) is 152 Å². The first kappa shape index (κ1) is 28.1. The summed E-state index contributed by atoms with van der Waals surface area (Å²) < 4.78 is 29.3. The molecule has 3 aromatic rings. The summed E-state index contributed by atoms with van der Waals surface area (Å²) in [6, 6.07) is 7.62. The molecule has 13 heteroatoms. The zero-order chi connectivity index (χ0) is 27.6. The second-order valence-electron chi connectivity index (χ2n) is 8.68. The van der Waals surface area contributed by atoms with Crippen molar-refractivity contribution in [1.29, 1.82) is 0 Å². The summed E-state index contributed by atoms with van der Waals surface area (Å²) >= 11 is 1.38. The van der Waals surface area contributed by atoms with Crippen molar-refractivity contribution in [2.24, 2.45) is 0 Å². The van der Waals surface area contributed by atoms with Crippen LogP contribution < -0.4 is 15.4 Å². The van der Waals surface area contributed by atoms with Gasteiger partial charge >= 0.3 is 6.09 Å². The summed E-state index contributed by atoms with van der Waals surface area (Å²) in [5.74, 6) is -0.397. The van der Waals surface area contributed by atoms with Gasteiger partial charge in [-0.25, -0.2) is 22.9 Å². The Labute approximate surface area is 231 Å². The Bertz CT molecular complexity index is 1400. The standard InChI is InChI=1S/C26H28N6O5S2/c1-37-26(34)31-21(14-17-5-3-2-4-6-17)24(33)29-20(13-18-7-9-19(10-8-18)32-39(35)36)23-16-38-25(30-23)22-15-27-11-12-28-22/h2-9,11-12,15-16,19-21,39H,10,13-14H2,1H3,(H,29,33)(H,31,34)(H,32,35,36)/t19?,20-,21-/m0/s1. The number of alkyl carbamates (subject to hydrolysis) is 1. The highest BCUT2D eigenvalue weighted by Crippen LogP contribution is 2.29. The smallest absolute Gasteiger partial charge is 0.407 e. The molecule has 2 aromatic heterocycles. The zero-order valence-electron chi connectivity index (χ0n) is 21.0. The van der Waals surface area contributed by atoms with Crippen LogP contribution in [0.15, 0.2) is 78.1 Å². The molecule has 1 aliphatic rings. The van der Waals surface area contributed by atoms with Crippen LogP contribution in [0.25, 0.3) is 10.7 Å². The van der Waals surface area contributed by atoms with Crippen LogP contribution in [0.2, 0.25) is 0 Å². The van der Waals surface area contributed by atoms with Crippen molar-refractivity contribution < 1.29 is 22.7 Å². The van der Waals surface area contributed by atoms with E-state index < -0.39 is 35.0 Å². The van der Waals surface area contributed by atoms with Crippen LogP contribution in [-0.2, 0) is 26.8 Å². The molecule has 0 saturated carbocycles. The Morgan fingerprint density at radius 3 is 2.64 bits per heavy atom. The number of allylic oxidation sites excluding steroid dienone is 1. The Hall–Kier alpha value is -3.94. The number of hydrogen-bond donors (Lipinski definition) is 4. The van der Waals surface area contributed by atoms with Gasteiger partial charge in [0, 0.05) is 30.2 Å². The van der Waals surface area contributed by atoms with E-state index in [1.54, 1.807) is 24.7 Å². The lowest BCUT2D eigenvalue weighted by Crippen LogP contribution is -2.49. The first-order chi connectivity index (χ1) is 18.9. The molecule has 0 fully saturated rings. The number of nitrogens with zero attached hydrogens (tertiary/aromatic N) is 3. The molecule has 204 valence electrons. The van der Waals surface area contributed by atoms with E-state index in [-0.39, 0.29) is 12.5 Å². The lowest BCUT2D eigenvalue weighted by molar-refractivity contribution is -0.123. The third kappa shape index (κ3) is 8.27. The Morgan fingerprint density at radius 2 is 1.97 bits per heavy atom. The van der Waals surface area contributed by atoms with Gasteiger partial charge in [0.05, 0.1) is 25.0 Å². The predicted molar refractivity (Wildman–Crippen MR) is 147 cm³/mol. The highest BCUT2D eigenvalue weighted by molar-refractivity contribution is 7.70. The number of rotatable bonds is 11. The maximum atomic E-state index is 13.5. The van der Waals surface area contributed by atoms with Crippen molar-refractivity contribution in [2.75, 3.05) is 7.11 Å². The Morgan fingerprint density at radius 1 is 1.15 bits per heavy atom. The molecule has 0 spiro atoms. The van der Waals surface area contributed by atoms with E-state index in [1.807, 2.05) is 47.9 Å². The molecule has 1 unspecified atom stereocenters. The molecular weight excluding hydrogens is 540 g/mol.